The molecule has 0 aliphatic carbocycles. The number of hydrogen-bond donors (Lipinski definition) is 1. The molecule has 1 fully saturated rings. The molecule has 0 aromatic carbocycles. The molecular formula is C14H26N4O2S. The number of sulfonamides is 1. The summed E-state index contributed by atoms with van der Waals surface area (Å²) in [6.07, 6.45) is 6.06. The lowest BCUT2D eigenvalue weighted by Crippen LogP contribution is -2.47. The topological polar surface area (TPSA) is 67.2 Å². The maximum absolute atomic E-state index is 12.8. The lowest BCUT2D eigenvalue weighted by Gasteiger charge is -2.37. The molecule has 1 aliphatic heterocycles. The largest absolute Gasteiger partial charge is 0.315 e. The van der Waals surface area contributed by atoms with Crippen LogP contribution in [0.3, 0.4) is 0 Å². The number of likely N-dealkylation sites (N-methyl/N-ethyl adjacent to an activating group) is 1. The second-order valence-electron chi connectivity index (χ2n) is 5.76. The third kappa shape index (κ3) is 3.64. The van der Waals surface area contributed by atoms with Crippen LogP contribution in [0.15, 0.2) is 17.3 Å². The van der Waals surface area contributed by atoms with Crippen molar-refractivity contribution in [3.05, 3.63) is 12.4 Å². The van der Waals surface area contributed by atoms with E-state index in [4.69, 9.17) is 0 Å². The van der Waals surface area contributed by atoms with Gasteiger partial charge in [-0.2, -0.15) is 9.40 Å². The van der Waals surface area contributed by atoms with E-state index in [-0.39, 0.29) is 12.1 Å². The first-order chi connectivity index (χ1) is 9.96. The Labute approximate surface area is 127 Å². The van der Waals surface area contributed by atoms with Crippen LogP contribution in [0, 0.1) is 0 Å². The first-order valence-corrected chi connectivity index (χ1v) is 9.17. The van der Waals surface area contributed by atoms with E-state index in [0.29, 0.717) is 11.4 Å². The van der Waals surface area contributed by atoms with Gasteiger partial charge in [0.15, 0.2) is 0 Å². The molecule has 0 bridgehead atoms. The Kier molecular flexibility index (Phi) is 5.40. The zero-order chi connectivity index (χ0) is 15.5. The molecule has 2 rings (SSSR count). The van der Waals surface area contributed by atoms with Crippen LogP contribution in [0.5, 0.6) is 0 Å². The lowest BCUT2D eigenvalue weighted by atomic mass is 10.0. The van der Waals surface area contributed by atoms with Crippen LogP contribution in [0.4, 0.5) is 0 Å². The average molecular weight is 314 g/mol. The summed E-state index contributed by atoms with van der Waals surface area (Å²) in [5.74, 6) is 0. The fourth-order valence-electron chi connectivity index (χ4n) is 2.96. The van der Waals surface area contributed by atoms with E-state index in [1.165, 1.54) is 6.20 Å². The highest BCUT2D eigenvalue weighted by molar-refractivity contribution is 7.89. The minimum absolute atomic E-state index is 0.0591. The maximum Gasteiger partial charge on any atom is 0.246 e. The highest BCUT2D eigenvalue weighted by atomic mass is 32.2. The highest BCUT2D eigenvalue weighted by Crippen LogP contribution is 2.29. The molecule has 0 saturated carbocycles. The van der Waals surface area contributed by atoms with Crippen LogP contribution >= 0.6 is 0 Å². The second-order valence-corrected chi connectivity index (χ2v) is 7.60. The van der Waals surface area contributed by atoms with Gasteiger partial charge in [0.2, 0.25) is 10.0 Å². The molecule has 21 heavy (non-hydrogen) atoms. The molecule has 1 aromatic heterocycles. The molecule has 0 amide bonds. The van der Waals surface area contributed by atoms with Gasteiger partial charge in [0.25, 0.3) is 0 Å². The van der Waals surface area contributed by atoms with Crippen molar-refractivity contribution in [2.24, 2.45) is 0 Å². The van der Waals surface area contributed by atoms with Gasteiger partial charge in [0.1, 0.15) is 4.90 Å². The number of nitrogens with zero attached hydrogens (tertiary/aromatic N) is 3. The maximum atomic E-state index is 12.8. The van der Waals surface area contributed by atoms with Crippen molar-refractivity contribution < 1.29 is 8.42 Å². The van der Waals surface area contributed by atoms with Crippen molar-refractivity contribution in [2.75, 3.05) is 13.1 Å². The first-order valence-electron chi connectivity index (χ1n) is 7.73. The second kappa shape index (κ2) is 6.89. The van der Waals surface area contributed by atoms with Crippen molar-refractivity contribution >= 4 is 10.0 Å². The van der Waals surface area contributed by atoms with Crippen molar-refractivity contribution in [1.29, 1.82) is 0 Å². The van der Waals surface area contributed by atoms with Crippen molar-refractivity contribution in [3.63, 3.8) is 0 Å². The molecule has 120 valence electrons. The molecule has 1 aromatic rings. The molecular weight excluding hydrogens is 288 g/mol. The van der Waals surface area contributed by atoms with Crippen LogP contribution in [-0.4, -0.2) is 47.7 Å². The summed E-state index contributed by atoms with van der Waals surface area (Å²) in [7, 11) is -3.44. The predicted octanol–water partition coefficient (Wildman–Crippen LogP) is 1.44. The van der Waals surface area contributed by atoms with Crippen molar-refractivity contribution in [1.82, 2.24) is 19.4 Å². The normalized spacial score (nSPS) is 24.3. The van der Waals surface area contributed by atoms with E-state index < -0.39 is 10.0 Å². The van der Waals surface area contributed by atoms with Gasteiger partial charge in [0, 0.05) is 24.8 Å². The van der Waals surface area contributed by atoms with Crippen LogP contribution in [0.2, 0.25) is 0 Å². The SMILES string of the molecule is CCNCCn1cc(S(=O)(=O)N2[C@H](C)CCC[C@@H]2C)cn1. The third-order valence-electron chi connectivity index (χ3n) is 4.07. The van der Waals surface area contributed by atoms with Gasteiger partial charge in [-0.15, -0.1) is 0 Å². The highest BCUT2D eigenvalue weighted by Gasteiger charge is 2.36. The fourth-order valence-corrected chi connectivity index (χ4v) is 4.80. The zero-order valence-corrected chi connectivity index (χ0v) is 13.9. The van der Waals surface area contributed by atoms with Crippen LogP contribution in [-0.2, 0) is 16.6 Å². The Balaban J connectivity index is 2.15. The summed E-state index contributed by atoms with van der Waals surface area (Å²) < 4.78 is 29.0. The number of hydrogen-bond acceptors (Lipinski definition) is 4. The Bertz CT molecular complexity index is 545. The Morgan fingerprint density at radius 1 is 1.33 bits per heavy atom. The fraction of sp³-hybridized carbons (Fsp3) is 0.786. The summed E-state index contributed by atoms with van der Waals surface area (Å²) in [6, 6.07) is 0.118. The van der Waals surface area contributed by atoms with Crippen LogP contribution < -0.4 is 5.32 Å². The van der Waals surface area contributed by atoms with Crippen LogP contribution in [0.25, 0.3) is 0 Å². The smallest absolute Gasteiger partial charge is 0.246 e. The standard InChI is InChI=1S/C14H26N4O2S/c1-4-15-8-9-17-11-14(10-16-17)21(19,20)18-12(2)6-5-7-13(18)3/h10-13,15H,4-9H2,1-3H3/t12-,13+. The number of nitrogens with one attached hydrogen (secondary N) is 1. The molecule has 0 radical (unpaired) electrons. The molecule has 1 saturated heterocycles. The molecule has 7 heteroatoms. The molecule has 0 unspecified atom stereocenters. The van der Waals surface area contributed by atoms with Gasteiger partial charge in [-0.1, -0.05) is 13.3 Å². The van der Waals surface area contributed by atoms with Gasteiger partial charge >= 0.3 is 0 Å². The summed E-state index contributed by atoms with van der Waals surface area (Å²) in [4.78, 5) is 0.305. The third-order valence-corrected chi connectivity index (χ3v) is 6.15. The number of aromatic nitrogens is 2. The minimum Gasteiger partial charge on any atom is -0.315 e. The van der Waals surface area contributed by atoms with Gasteiger partial charge in [-0.3, -0.25) is 4.68 Å². The molecule has 0 spiro atoms. The number of piperidine rings is 1. The first kappa shape index (κ1) is 16.5. The van der Waals surface area contributed by atoms with Gasteiger partial charge < -0.3 is 5.32 Å². The average Bonchev–Trinajstić information content (AvgIpc) is 2.88. The van der Waals surface area contributed by atoms with Crippen molar-refractivity contribution in [3.8, 4) is 0 Å². The number of rotatable bonds is 6. The van der Waals surface area contributed by atoms with Crippen LogP contribution in [0.1, 0.15) is 40.0 Å². The summed E-state index contributed by atoms with van der Waals surface area (Å²) >= 11 is 0. The lowest BCUT2D eigenvalue weighted by molar-refractivity contribution is 0.204. The zero-order valence-electron chi connectivity index (χ0n) is 13.1. The summed E-state index contributed by atoms with van der Waals surface area (Å²) in [6.45, 7) is 8.38. The Morgan fingerprint density at radius 3 is 2.62 bits per heavy atom. The summed E-state index contributed by atoms with van der Waals surface area (Å²) in [5, 5.41) is 7.37. The Hall–Kier alpha value is -0.920. The quantitative estimate of drug-likeness (QED) is 0.807. The van der Waals surface area contributed by atoms with E-state index >= 15 is 0 Å². The van der Waals surface area contributed by atoms with Gasteiger partial charge in [-0.05, 0) is 33.2 Å². The Morgan fingerprint density at radius 2 is 2.00 bits per heavy atom. The van der Waals surface area contributed by atoms with Gasteiger partial charge in [-0.25, -0.2) is 8.42 Å². The summed E-state index contributed by atoms with van der Waals surface area (Å²) in [5.41, 5.74) is 0. The molecule has 1 N–H and O–H groups in total. The molecule has 6 nitrogen and oxygen atoms in total. The van der Waals surface area contributed by atoms with Crippen molar-refractivity contribution in [2.45, 2.75) is 63.6 Å². The van der Waals surface area contributed by atoms with E-state index in [0.717, 1.165) is 32.4 Å². The van der Waals surface area contributed by atoms with Gasteiger partial charge in [0.05, 0.1) is 12.7 Å². The van der Waals surface area contributed by atoms with E-state index in [9.17, 15) is 8.42 Å². The monoisotopic (exact) mass is 314 g/mol. The minimum atomic E-state index is -3.44. The van der Waals surface area contributed by atoms with E-state index in [2.05, 4.69) is 10.4 Å². The molecule has 1 aliphatic rings. The molecule has 2 atom stereocenters. The van der Waals surface area contributed by atoms with E-state index in [1.807, 2.05) is 20.8 Å². The van der Waals surface area contributed by atoms with E-state index in [1.54, 1.807) is 15.2 Å². The predicted molar refractivity (Wildman–Crippen MR) is 82.6 cm³/mol. The molecule has 2 heterocycles.